The summed E-state index contributed by atoms with van der Waals surface area (Å²) in [4.78, 5) is 80.6. The van der Waals surface area contributed by atoms with Crippen LogP contribution in [0.25, 0.3) is 0 Å². The highest BCUT2D eigenvalue weighted by Crippen LogP contribution is 2.01. The molecule has 15 nitrogen and oxygen atoms in total. The van der Waals surface area contributed by atoms with Crippen LogP contribution in [0.5, 0.6) is 0 Å². The van der Waals surface area contributed by atoms with E-state index in [1.807, 2.05) is 16.0 Å². The topological polar surface area (TPSA) is 268 Å². The molecule has 0 aliphatic rings. The summed E-state index contributed by atoms with van der Waals surface area (Å²) < 4.78 is 0. The molecule has 0 aromatic rings. The third-order valence-corrected chi connectivity index (χ3v) is 3.97. The first-order valence-electron chi connectivity index (χ1n) is 8.50. The molecule has 0 aliphatic carbocycles. The summed E-state index contributed by atoms with van der Waals surface area (Å²) >= 11 is 3.79. The predicted molar refractivity (Wildman–Crippen MR) is 104 cm³/mol. The Morgan fingerprint density at radius 2 is 1.10 bits per heavy atom. The highest BCUT2D eigenvalue weighted by atomic mass is 32.1. The summed E-state index contributed by atoms with van der Waals surface area (Å²) in [6.45, 7) is 0. The van der Waals surface area contributed by atoms with E-state index in [1.165, 1.54) is 0 Å². The van der Waals surface area contributed by atoms with Gasteiger partial charge in [-0.3, -0.25) is 28.8 Å². The van der Waals surface area contributed by atoms with E-state index in [1.54, 1.807) is 0 Å². The van der Waals surface area contributed by atoms with E-state index in [-0.39, 0.29) is 5.75 Å². The van der Waals surface area contributed by atoms with Gasteiger partial charge < -0.3 is 42.7 Å². The number of carboxylic acid groups (broad SMARTS) is 3. The number of carbonyl (C=O) groups is 7. The number of rotatable bonds is 14. The number of thiol groups is 1. The molecule has 4 atom stereocenters. The highest BCUT2D eigenvalue weighted by molar-refractivity contribution is 7.80. The van der Waals surface area contributed by atoms with Crippen molar-refractivity contribution in [2.45, 2.75) is 43.4 Å². The van der Waals surface area contributed by atoms with Crippen molar-refractivity contribution in [2.75, 3.05) is 5.75 Å². The van der Waals surface area contributed by atoms with Crippen LogP contribution in [0, 0.1) is 0 Å². The van der Waals surface area contributed by atoms with Gasteiger partial charge in [-0.05, 0) is 0 Å². The molecule has 0 heterocycles. The van der Waals surface area contributed by atoms with Crippen molar-refractivity contribution in [3.05, 3.63) is 0 Å². The predicted octanol–water partition coefficient (Wildman–Crippen LogP) is -4.39. The standard InChI is InChI=1S/C15H23N5O10S/c16-5(4-31)12(26)18-6(2-10(22)23)13(27)19-7(3-11(24)25)14(28)20-8(15(29)30)1-9(17)21/h5-8,31H,1-4,16H2,(H2,17,21)(H,18,26)(H,19,27)(H,20,28)(H,22,23)(H,24,25)(H,29,30). The van der Waals surface area contributed by atoms with Crippen molar-refractivity contribution in [3.63, 3.8) is 0 Å². The molecule has 0 rings (SSSR count). The quantitative estimate of drug-likeness (QED) is 0.110. The van der Waals surface area contributed by atoms with Gasteiger partial charge in [-0.1, -0.05) is 0 Å². The number of aliphatic carboxylic acids is 3. The molecule has 4 amide bonds. The lowest BCUT2D eigenvalue weighted by Gasteiger charge is -2.23. The summed E-state index contributed by atoms with van der Waals surface area (Å²) in [6.07, 6.45) is -2.77. The molecule has 0 fully saturated rings. The Morgan fingerprint density at radius 3 is 1.42 bits per heavy atom. The van der Waals surface area contributed by atoms with Crippen LogP contribution in [0.15, 0.2) is 0 Å². The maximum Gasteiger partial charge on any atom is 0.326 e. The first-order chi connectivity index (χ1) is 14.3. The zero-order valence-corrected chi connectivity index (χ0v) is 16.8. The monoisotopic (exact) mass is 465 g/mol. The van der Waals surface area contributed by atoms with Crippen molar-refractivity contribution in [2.24, 2.45) is 11.5 Å². The number of primary amides is 1. The van der Waals surface area contributed by atoms with Gasteiger partial charge in [-0.2, -0.15) is 12.6 Å². The molecule has 0 spiro atoms. The zero-order valence-electron chi connectivity index (χ0n) is 15.9. The molecule has 0 radical (unpaired) electrons. The van der Waals surface area contributed by atoms with E-state index in [9.17, 15) is 33.6 Å². The Kier molecular flexibility index (Phi) is 11.6. The minimum absolute atomic E-state index is 0.131. The first kappa shape index (κ1) is 27.6. The second-order valence-corrected chi connectivity index (χ2v) is 6.54. The molecular weight excluding hydrogens is 442 g/mol. The number of amides is 4. The fourth-order valence-corrected chi connectivity index (χ4v) is 2.24. The molecule has 0 aromatic heterocycles. The van der Waals surface area contributed by atoms with Crippen LogP contribution in [-0.2, 0) is 33.6 Å². The van der Waals surface area contributed by atoms with Gasteiger partial charge in [0.15, 0.2) is 0 Å². The highest BCUT2D eigenvalue weighted by Gasteiger charge is 2.32. The molecule has 10 N–H and O–H groups in total. The van der Waals surface area contributed by atoms with Crippen LogP contribution in [0.3, 0.4) is 0 Å². The Morgan fingerprint density at radius 1 is 0.710 bits per heavy atom. The van der Waals surface area contributed by atoms with Crippen LogP contribution in [-0.4, -0.2) is 86.8 Å². The smallest absolute Gasteiger partial charge is 0.326 e. The summed E-state index contributed by atoms with van der Waals surface area (Å²) in [5.74, 6) is -9.40. The van der Waals surface area contributed by atoms with Gasteiger partial charge in [0.2, 0.25) is 23.6 Å². The van der Waals surface area contributed by atoms with Crippen LogP contribution in [0.2, 0.25) is 0 Å². The molecule has 16 heteroatoms. The molecule has 4 unspecified atom stereocenters. The van der Waals surface area contributed by atoms with Gasteiger partial charge in [0, 0.05) is 5.75 Å². The van der Waals surface area contributed by atoms with E-state index in [4.69, 9.17) is 26.8 Å². The number of hydrogen-bond acceptors (Lipinski definition) is 9. The fraction of sp³-hybridized carbons (Fsp3) is 0.533. The Hall–Kier alpha value is -3.40. The van der Waals surface area contributed by atoms with Gasteiger partial charge in [-0.15, -0.1) is 0 Å². The minimum atomic E-state index is -1.87. The second-order valence-electron chi connectivity index (χ2n) is 6.18. The SMILES string of the molecule is NC(=O)CC(NC(=O)C(CC(=O)O)NC(=O)C(CC(=O)O)NC(=O)C(N)CS)C(=O)O. The molecule has 174 valence electrons. The van der Waals surface area contributed by atoms with Gasteiger partial charge >= 0.3 is 17.9 Å². The average molecular weight is 465 g/mol. The van der Waals surface area contributed by atoms with Crippen LogP contribution < -0.4 is 27.4 Å². The summed E-state index contributed by atoms with van der Waals surface area (Å²) in [5, 5.41) is 32.7. The van der Waals surface area contributed by atoms with E-state index in [0.717, 1.165) is 0 Å². The van der Waals surface area contributed by atoms with Crippen molar-refractivity contribution in [1.82, 2.24) is 16.0 Å². The third kappa shape index (κ3) is 10.8. The largest absolute Gasteiger partial charge is 0.481 e. The molecule has 31 heavy (non-hydrogen) atoms. The lowest BCUT2D eigenvalue weighted by Crippen LogP contribution is -2.58. The number of nitrogens with two attached hydrogens (primary N) is 2. The second kappa shape index (κ2) is 13.0. The van der Waals surface area contributed by atoms with Crippen LogP contribution in [0.4, 0.5) is 0 Å². The Labute approximate surface area is 180 Å². The van der Waals surface area contributed by atoms with E-state index < -0.39 is 85.0 Å². The van der Waals surface area contributed by atoms with E-state index in [2.05, 4.69) is 12.6 Å². The van der Waals surface area contributed by atoms with Gasteiger partial charge in [0.05, 0.1) is 25.3 Å². The number of nitrogens with one attached hydrogen (secondary N) is 3. The van der Waals surface area contributed by atoms with Crippen LogP contribution >= 0.6 is 12.6 Å². The zero-order chi connectivity index (χ0) is 24.3. The molecule has 0 aliphatic heterocycles. The maximum absolute atomic E-state index is 12.4. The summed E-state index contributed by atoms with van der Waals surface area (Å²) in [6, 6.07) is -6.59. The van der Waals surface area contributed by atoms with Crippen molar-refractivity contribution in [1.29, 1.82) is 0 Å². The van der Waals surface area contributed by atoms with Crippen LogP contribution in [0.1, 0.15) is 19.3 Å². The molecule has 0 saturated heterocycles. The Balaban J connectivity index is 5.53. The van der Waals surface area contributed by atoms with E-state index in [0.29, 0.717) is 0 Å². The number of carboxylic acids is 3. The number of carbonyl (C=O) groups excluding carboxylic acids is 4. The maximum atomic E-state index is 12.4. The lowest BCUT2D eigenvalue weighted by molar-refractivity contribution is -0.145. The number of hydrogen-bond donors (Lipinski definition) is 9. The Bertz CT molecular complexity index is 746. The molecule has 0 bridgehead atoms. The summed E-state index contributed by atoms with van der Waals surface area (Å²) in [7, 11) is 0. The van der Waals surface area contributed by atoms with Crippen molar-refractivity contribution >= 4 is 54.2 Å². The molecular formula is C15H23N5O10S. The van der Waals surface area contributed by atoms with Gasteiger partial charge in [0.1, 0.15) is 18.1 Å². The lowest BCUT2D eigenvalue weighted by atomic mass is 10.1. The van der Waals surface area contributed by atoms with Gasteiger partial charge in [0.25, 0.3) is 0 Å². The summed E-state index contributed by atoms with van der Waals surface area (Å²) in [5.41, 5.74) is 10.3. The van der Waals surface area contributed by atoms with Crippen molar-refractivity contribution in [3.8, 4) is 0 Å². The van der Waals surface area contributed by atoms with E-state index >= 15 is 0 Å². The molecule has 0 aromatic carbocycles. The average Bonchev–Trinajstić information content (AvgIpc) is 2.64. The third-order valence-electron chi connectivity index (χ3n) is 3.58. The molecule has 0 saturated carbocycles. The minimum Gasteiger partial charge on any atom is -0.481 e. The van der Waals surface area contributed by atoms with Gasteiger partial charge in [-0.25, -0.2) is 4.79 Å². The van der Waals surface area contributed by atoms with Crippen molar-refractivity contribution < 1.29 is 48.9 Å². The normalized spacial score (nSPS) is 14.3. The fourth-order valence-electron chi connectivity index (χ4n) is 2.08. The first-order valence-corrected chi connectivity index (χ1v) is 9.13.